The summed E-state index contributed by atoms with van der Waals surface area (Å²) in [6.07, 6.45) is 8.61. The van der Waals surface area contributed by atoms with E-state index in [9.17, 15) is 9.90 Å². The summed E-state index contributed by atoms with van der Waals surface area (Å²) in [6.45, 7) is 1.83. The Kier molecular flexibility index (Phi) is 5.26. The third-order valence-corrected chi connectivity index (χ3v) is 7.71. The molecule has 27 heavy (non-hydrogen) atoms. The smallest absolute Gasteiger partial charge is 0.251 e. The van der Waals surface area contributed by atoms with E-state index in [1.807, 2.05) is 6.07 Å². The summed E-state index contributed by atoms with van der Waals surface area (Å²) in [6, 6.07) is 6.87. The van der Waals surface area contributed by atoms with Gasteiger partial charge in [0.2, 0.25) is 0 Å². The number of benzene rings is 1. The van der Waals surface area contributed by atoms with E-state index in [0.29, 0.717) is 17.9 Å². The van der Waals surface area contributed by atoms with Gasteiger partial charge in [0.15, 0.2) is 0 Å². The van der Waals surface area contributed by atoms with Gasteiger partial charge in [0.05, 0.1) is 6.10 Å². The highest BCUT2D eigenvalue weighted by molar-refractivity contribution is 5.94. The summed E-state index contributed by atoms with van der Waals surface area (Å²) in [5.74, 6) is 1.35. The molecule has 0 spiro atoms. The first-order valence-electron chi connectivity index (χ1n) is 10.5. The summed E-state index contributed by atoms with van der Waals surface area (Å²) in [7, 11) is 0. The molecule has 4 unspecified atom stereocenters. The van der Waals surface area contributed by atoms with Crippen LogP contribution in [0.1, 0.15) is 66.4 Å². The van der Waals surface area contributed by atoms with E-state index < -0.39 is 0 Å². The zero-order valence-corrected chi connectivity index (χ0v) is 16.7. The Hall–Kier alpha value is -1.10. The molecule has 1 aromatic rings. The third-order valence-electron chi connectivity index (χ3n) is 7.71. The standard InChI is InChI=1S/C22H30N2O2.ClH/c25-17-6-7-18-20-11-15-4-5-16(21(26)24-13-14-2-1-3-14)10-19(15)22(18,12-17)8-9-23-20;/h4-5,10,14,17-18,20,23,25H,1-3,6-9,11-13H2,(H,24,26);1H. The lowest BCUT2D eigenvalue weighted by atomic mass is 9.52. The molecular weight excluding hydrogens is 360 g/mol. The Balaban J connectivity index is 0.00000180. The maximum absolute atomic E-state index is 12.7. The zero-order valence-electron chi connectivity index (χ0n) is 15.9. The van der Waals surface area contributed by atoms with Crippen LogP contribution in [-0.2, 0) is 11.8 Å². The second-order valence-corrected chi connectivity index (χ2v) is 9.09. The Morgan fingerprint density at radius 1 is 1.26 bits per heavy atom. The van der Waals surface area contributed by atoms with Crippen molar-refractivity contribution in [3.05, 3.63) is 34.9 Å². The molecule has 0 aromatic heterocycles. The van der Waals surface area contributed by atoms with Crippen molar-refractivity contribution in [3.63, 3.8) is 0 Å². The zero-order chi connectivity index (χ0) is 17.7. The van der Waals surface area contributed by atoms with E-state index in [-0.39, 0.29) is 29.8 Å². The number of fused-ring (bicyclic) bond motifs is 1. The number of aliphatic hydroxyl groups excluding tert-OH is 1. The first-order valence-corrected chi connectivity index (χ1v) is 10.5. The molecule has 3 fully saturated rings. The molecule has 1 aromatic carbocycles. The number of aliphatic hydroxyl groups is 1. The van der Waals surface area contributed by atoms with Gasteiger partial charge in [0, 0.05) is 23.6 Å². The summed E-state index contributed by atoms with van der Waals surface area (Å²) in [5, 5.41) is 17.3. The van der Waals surface area contributed by atoms with Gasteiger partial charge in [-0.1, -0.05) is 12.5 Å². The van der Waals surface area contributed by atoms with Gasteiger partial charge in [0.1, 0.15) is 0 Å². The fraction of sp³-hybridized carbons (Fsp3) is 0.682. The van der Waals surface area contributed by atoms with Crippen molar-refractivity contribution in [2.24, 2.45) is 11.8 Å². The molecule has 3 aliphatic carbocycles. The molecule has 3 N–H and O–H groups in total. The van der Waals surface area contributed by atoms with E-state index >= 15 is 0 Å². The number of amides is 1. The lowest BCUT2D eigenvalue weighted by molar-refractivity contribution is 0.00379. The van der Waals surface area contributed by atoms with Crippen LogP contribution in [0.5, 0.6) is 0 Å². The van der Waals surface area contributed by atoms with Crippen LogP contribution in [0.15, 0.2) is 18.2 Å². The Bertz CT molecular complexity index is 720. The van der Waals surface area contributed by atoms with Gasteiger partial charge >= 0.3 is 0 Å². The largest absolute Gasteiger partial charge is 0.393 e. The molecule has 4 atom stereocenters. The van der Waals surface area contributed by atoms with Crippen LogP contribution in [0.25, 0.3) is 0 Å². The number of hydrogen-bond donors (Lipinski definition) is 3. The molecule has 4 aliphatic rings. The van der Waals surface area contributed by atoms with Crippen LogP contribution in [0, 0.1) is 11.8 Å². The van der Waals surface area contributed by atoms with Crippen molar-refractivity contribution >= 4 is 18.3 Å². The van der Waals surface area contributed by atoms with Crippen LogP contribution in [0.2, 0.25) is 0 Å². The van der Waals surface area contributed by atoms with Crippen LogP contribution < -0.4 is 10.6 Å². The first kappa shape index (κ1) is 19.2. The van der Waals surface area contributed by atoms with Crippen molar-refractivity contribution in [2.75, 3.05) is 13.1 Å². The van der Waals surface area contributed by atoms with E-state index in [4.69, 9.17) is 0 Å². The Morgan fingerprint density at radius 3 is 2.89 bits per heavy atom. The molecular formula is C22H31ClN2O2. The third kappa shape index (κ3) is 3.20. The van der Waals surface area contributed by atoms with Gasteiger partial charge in [0.25, 0.3) is 5.91 Å². The van der Waals surface area contributed by atoms with Crippen LogP contribution in [0.3, 0.4) is 0 Å². The van der Waals surface area contributed by atoms with Gasteiger partial charge in [-0.05, 0) is 86.6 Å². The summed E-state index contributed by atoms with van der Waals surface area (Å²) >= 11 is 0. The van der Waals surface area contributed by atoms with Crippen molar-refractivity contribution in [1.82, 2.24) is 10.6 Å². The predicted octanol–water partition coefficient (Wildman–Crippen LogP) is 2.96. The van der Waals surface area contributed by atoms with E-state index in [0.717, 1.165) is 50.8 Å². The van der Waals surface area contributed by atoms with Gasteiger partial charge in [-0.2, -0.15) is 0 Å². The number of piperidine rings is 1. The monoisotopic (exact) mass is 390 g/mol. The molecule has 2 bridgehead atoms. The van der Waals surface area contributed by atoms with Crippen LogP contribution >= 0.6 is 12.4 Å². The molecule has 5 rings (SSSR count). The molecule has 4 nitrogen and oxygen atoms in total. The fourth-order valence-corrected chi connectivity index (χ4v) is 6.11. The Morgan fingerprint density at radius 2 is 2.11 bits per heavy atom. The van der Waals surface area contributed by atoms with Crippen LogP contribution in [0.4, 0.5) is 0 Å². The van der Waals surface area contributed by atoms with Crippen LogP contribution in [-0.4, -0.2) is 36.2 Å². The van der Waals surface area contributed by atoms with Gasteiger partial charge in [-0.15, -0.1) is 12.4 Å². The van der Waals surface area contributed by atoms with Crippen molar-refractivity contribution in [3.8, 4) is 0 Å². The minimum absolute atomic E-state index is 0. The quantitative estimate of drug-likeness (QED) is 0.743. The summed E-state index contributed by atoms with van der Waals surface area (Å²) < 4.78 is 0. The second kappa shape index (κ2) is 7.38. The number of carbonyl (C=O) groups is 1. The topological polar surface area (TPSA) is 61.4 Å². The number of carbonyl (C=O) groups excluding carboxylic acids is 1. The van der Waals surface area contributed by atoms with E-state index in [2.05, 4.69) is 22.8 Å². The van der Waals surface area contributed by atoms with E-state index in [1.54, 1.807) is 0 Å². The number of hydrogen-bond acceptors (Lipinski definition) is 3. The van der Waals surface area contributed by atoms with Gasteiger partial charge in [-0.25, -0.2) is 0 Å². The molecule has 2 saturated carbocycles. The lowest BCUT2D eigenvalue weighted by Crippen LogP contribution is -2.61. The van der Waals surface area contributed by atoms with Crippen molar-refractivity contribution < 1.29 is 9.90 Å². The maximum atomic E-state index is 12.7. The molecule has 1 aliphatic heterocycles. The number of halogens is 1. The maximum Gasteiger partial charge on any atom is 0.251 e. The normalized spacial score (nSPS) is 34.5. The molecule has 1 amide bonds. The first-order chi connectivity index (χ1) is 12.7. The highest BCUT2D eigenvalue weighted by atomic mass is 35.5. The number of rotatable bonds is 3. The molecule has 0 radical (unpaired) electrons. The summed E-state index contributed by atoms with van der Waals surface area (Å²) in [4.78, 5) is 12.7. The SMILES string of the molecule is Cl.O=C(NCC1CCC1)c1ccc2c(c1)C13CCNC(C2)C1CCC(O)C3. The Labute approximate surface area is 167 Å². The minimum atomic E-state index is -0.202. The van der Waals surface area contributed by atoms with Crippen molar-refractivity contribution in [1.29, 1.82) is 0 Å². The highest BCUT2D eigenvalue weighted by Gasteiger charge is 2.53. The fourth-order valence-electron chi connectivity index (χ4n) is 6.11. The lowest BCUT2D eigenvalue weighted by Gasteiger charge is -2.56. The highest BCUT2D eigenvalue weighted by Crippen LogP contribution is 2.53. The molecule has 5 heteroatoms. The molecule has 1 saturated heterocycles. The average Bonchev–Trinajstić information content (AvgIpc) is 2.59. The second-order valence-electron chi connectivity index (χ2n) is 9.09. The van der Waals surface area contributed by atoms with Gasteiger partial charge < -0.3 is 15.7 Å². The van der Waals surface area contributed by atoms with Gasteiger partial charge in [-0.3, -0.25) is 4.79 Å². The van der Waals surface area contributed by atoms with Crippen molar-refractivity contribution in [2.45, 2.75) is 68.9 Å². The number of nitrogens with one attached hydrogen (secondary N) is 2. The molecule has 148 valence electrons. The predicted molar refractivity (Wildman–Crippen MR) is 109 cm³/mol. The summed E-state index contributed by atoms with van der Waals surface area (Å²) in [5.41, 5.74) is 3.59. The average molecular weight is 391 g/mol. The minimum Gasteiger partial charge on any atom is -0.393 e. The molecule has 1 heterocycles. The van der Waals surface area contributed by atoms with E-state index in [1.165, 1.54) is 30.4 Å².